The molecule has 1 heterocycles. The van der Waals surface area contributed by atoms with Crippen molar-refractivity contribution in [1.29, 1.82) is 0 Å². The fraction of sp³-hybridized carbons (Fsp3) is 0.417. The first-order valence-corrected chi connectivity index (χ1v) is 6.65. The molecule has 1 saturated heterocycles. The highest BCUT2D eigenvalue weighted by atomic mass is 79.9. The molecule has 6 nitrogen and oxygen atoms in total. The van der Waals surface area contributed by atoms with Crippen LogP contribution in [-0.4, -0.2) is 28.1 Å². The van der Waals surface area contributed by atoms with Gasteiger partial charge in [-0.05, 0) is 25.5 Å². The Morgan fingerprint density at radius 1 is 1.58 bits per heavy atom. The third-order valence-corrected chi connectivity index (χ3v) is 3.88. The molecule has 0 bridgehead atoms. The Morgan fingerprint density at radius 3 is 2.84 bits per heavy atom. The van der Waals surface area contributed by atoms with E-state index < -0.39 is 16.4 Å². The molecule has 2 rings (SSSR count). The Bertz CT molecular complexity index is 526. The molecule has 0 aromatic heterocycles. The van der Waals surface area contributed by atoms with Crippen molar-refractivity contribution in [2.75, 3.05) is 6.54 Å². The number of benzene rings is 1. The standard InChI is InChI=1S/C12H13BrN2O4/c13-9-3-2-8(10(6-9)15(18)19)7-12(11(16)17)4-1-5-14-12/h2-3,6,14H,1,4-5,7H2,(H,16,17). The lowest BCUT2D eigenvalue weighted by molar-refractivity contribution is -0.385. The molecule has 0 amide bonds. The van der Waals surface area contributed by atoms with Crippen LogP contribution in [0, 0.1) is 10.1 Å². The number of aliphatic carboxylic acids is 1. The van der Waals surface area contributed by atoms with Gasteiger partial charge in [0, 0.05) is 22.5 Å². The topological polar surface area (TPSA) is 92.5 Å². The number of rotatable bonds is 4. The van der Waals surface area contributed by atoms with Gasteiger partial charge < -0.3 is 10.4 Å². The van der Waals surface area contributed by atoms with E-state index in [1.54, 1.807) is 12.1 Å². The van der Waals surface area contributed by atoms with E-state index in [2.05, 4.69) is 21.2 Å². The minimum atomic E-state index is -1.08. The van der Waals surface area contributed by atoms with Crippen LogP contribution in [0.1, 0.15) is 18.4 Å². The van der Waals surface area contributed by atoms with Gasteiger partial charge in [0.1, 0.15) is 5.54 Å². The quantitative estimate of drug-likeness (QED) is 0.652. The largest absolute Gasteiger partial charge is 0.480 e. The van der Waals surface area contributed by atoms with Crippen LogP contribution >= 0.6 is 15.9 Å². The Kier molecular flexibility index (Phi) is 3.86. The van der Waals surface area contributed by atoms with Crippen molar-refractivity contribution >= 4 is 27.6 Å². The molecule has 1 unspecified atom stereocenters. The van der Waals surface area contributed by atoms with Crippen molar-refractivity contribution in [3.63, 3.8) is 0 Å². The summed E-state index contributed by atoms with van der Waals surface area (Å²) in [4.78, 5) is 22.0. The van der Waals surface area contributed by atoms with Crippen molar-refractivity contribution in [2.24, 2.45) is 0 Å². The summed E-state index contributed by atoms with van der Waals surface area (Å²) < 4.78 is 0.603. The van der Waals surface area contributed by atoms with Gasteiger partial charge in [0.05, 0.1) is 4.92 Å². The summed E-state index contributed by atoms with van der Waals surface area (Å²) in [6.45, 7) is 0.622. The average molecular weight is 329 g/mol. The van der Waals surface area contributed by atoms with Gasteiger partial charge >= 0.3 is 5.97 Å². The monoisotopic (exact) mass is 328 g/mol. The van der Waals surface area contributed by atoms with Crippen molar-refractivity contribution in [3.05, 3.63) is 38.3 Å². The van der Waals surface area contributed by atoms with Crippen molar-refractivity contribution in [1.82, 2.24) is 5.32 Å². The van der Waals surface area contributed by atoms with Crippen molar-refractivity contribution < 1.29 is 14.8 Å². The fourth-order valence-corrected chi connectivity index (χ4v) is 2.75. The molecular weight excluding hydrogens is 316 g/mol. The molecule has 0 saturated carbocycles. The maximum atomic E-state index is 11.4. The molecule has 1 aliphatic rings. The molecule has 1 fully saturated rings. The van der Waals surface area contributed by atoms with E-state index in [0.717, 1.165) is 6.42 Å². The number of nitro groups is 1. The minimum Gasteiger partial charge on any atom is -0.480 e. The third kappa shape index (κ3) is 2.76. The Balaban J connectivity index is 2.37. The van der Waals surface area contributed by atoms with Crippen LogP contribution in [-0.2, 0) is 11.2 Å². The number of carboxylic acids is 1. The lowest BCUT2D eigenvalue weighted by Gasteiger charge is -2.24. The molecule has 1 aliphatic heterocycles. The maximum absolute atomic E-state index is 11.4. The second-order valence-electron chi connectivity index (χ2n) is 4.62. The highest BCUT2D eigenvalue weighted by molar-refractivity contribution is 9.10. The Morgan fingerprint density at radius 2 is 2.32 bits per heavy atom. The van der Waals surface area contributed by atoms with Crippen LogP contribution in [0.3, 0.4) is 0 Å². The number of nitrogens with zero attached hydrogens (tertiary/aromatic N) is 1. The summed E-state index contributed by atoms with van der Waals surface area (Å²) in [7, 11) is 0. The summed E-state index contributed by atoms with van der Waals surface area (Å²) >= 11 is 3.18. The normalized spacial score (nSPS) is 22.4. The smallest absolute Gasteiger partial charge is 0.324 e. The first-order valence-electron chi connectivity index (χ1n) is 5.86. The number of carboxylic acid groups (broad SMARTS) is 1. The number of hydrogen-bond acceptors (Lipinski definition) is 4. The van der Waals surface area contributed by atoms with Gasteiger partial charge in [0.15, 0.2) is 0 Å². The third-order valence-electron chi connectivity index (χ3n) is 3.39. The van der Waals surface area contributed by atoms with E-state index in [1.165, 1.54) is 6.07 Å². The molecule has 0 radical (unpaired) electrons. The van der Waals surface area contributed by atoms with E-state index in [9.17, 15) is 20.0 Å². The number of nitro benzene ring substituents is 1. The lowest BCUT2D eigenvalue weighted by Crippen LogP contribution is -2.49. The van der Waals surface area contributed by atoms with Crippen LogP contribution in [0.25, 0.3) is 0 Å². The Labute approximate surface area is 118 Å². The molecule has 19 heavy (non-hydrogen) atoms. The summed E-state index contributed by atoms with van der Waals surface area (Å²) in [6, 6.07) is 4.69. The predicted molar refractivity (Wildman–Crippen MR) is 72.1 cm³/mol. The second-order valence-corrected chi connectivity index (χ2v) is 5.54. The van der Waals surface area contributed by atoms with E-state index >= 15 is 0 Å². The number of halogens is 1. The zero-order valence-corrected chi connectivity index (χ0v) is 11.6. The van der Waals surface area contributed by atoms with Crippen LogP contribution in [0.2, 0.25) is 0 Å². The van der Waals surface area contributed by atoms with Gasteiger partial charge in [-0.25, -0.2) is 0 Å². The van der Waals surface area contributed by atoms with Crippen LogP contribution < -0.4 is 5.32 Å². The molecule has 2 N–H and O–H groups in total. The molecule has 1 atom stereocenters. The van der Waals surface area contributed by atoms with Gasteiger partial charge in [0.2, 0.25) is 0 Å². The highest BCUT2D eigenvalue weighted by Gasteiger charge is 2.42. The number of hydrogen-bond donors (Lipinski definition) is 2. The summed E-state index contributed by atoms with van der Waals surface area (Å²) in [5.74, 6) is -0.956. The molecule has 0 aliphatic carbocycles. The van der Waals surface area contributed by atoms with E-state index in [1.807, 2.05) is 0 Å². The van der Waals surface area contributed by atoms with Gasteiger partial charge in [0.25, 0.3) is 5.69 Å². The minimum absolute atomic E-state index is 0.0521. The van der Waals surface area contributed by atoms with Gasteiger partial charge in [-0.1, -0.05) is 22.0 Å². The second kappa shape index (κ2) is 5.26. The highest BCUT2D eigenvalue weighted by Crippen LogP contribution is 2.30. The van der Waals surface area contributed by atoms with E-state index in [0.29, 0.717) is 23.0 Å². The van der Waals surface area contributed by atoms with E-state index in [-0.39, 0.29) is 12.1 Å². The molecule has 1 aromatic carbocycles. The fourth-order valence-electron chi connectivity index (χ4n) is 2.40. The molecular formula is C12H13BrN2O4. The predicted octanol–water partition coefficient (Wildman–Crippen LogP) is 2.11. The van der Waals surface area contributed by atoms with Gasteiger partial charge in [-0.15, -0.1) is 0 Å². The summed E-state index contributed by atoms with van der Waals surface area (Å²) in [6.07, 6.45) is 1.36. The number of nitrogens with one attached hydrogen (secondary N) is 1. The van der Waals surface area contributed by atoms with Crippen molar-refractivity contribution in [2.45, 2.75) is 24.8 Å². The van der Waals surface area contributed by atoms with Crippen LogP contribution in [0.4, 0.5) is 5.69 Å². The first-order chi connectivity index (χ1) is 8.94. The maximum Gasteiger partial charge on any atom is 0.324 e. The van der Waals surface area contributed by atoms with Crippen LogP contribution in [0.15, 0.2) is 22.7 Å². The molecule has 1 aromatic rings. The first kappa shape index (κ1) is 14.0. The van der Waals surface area contributed by atoms with Crippen molar-refractivity contribution in [3.8, 4) is 0 Å². The average Bonchev–Trinajstić information content (AvgIpc) is 2.81. The van der Waals surface area contributed by atoms with Gasteiger partial charge in [-0.2, -0.15) is 0 Å². The zero-order chi connectivity index (χ0) is 14.0. The Hall–Kier alpha value is -1.47. The molecule has 7 heteroatoms. The molecule has 0 spiro atoms. The zero-order valence-electron chi connectivity index (χ0n) is 10.1. The van der Waals surface area contributed by atoms with E-state index in [4.69, 9.17) is 0 Å². The van der Waals surface area contributed by atoms with Crippen LogP contribution in [0.5, 0.6) is 0 Å². The SMILES string of the molecule is O=C(O)C1(Cc2ccc(Br)cc2[N+](=O)[O-])CCCN1. The number of carbonyl (C=O) groups is 1. The van der Waals surface area contributed by atoms with Gasteiger partial charge in [-0.3, -0.25) is 14.9 Å². The summed E-state index contributed by atoms with van der Waals surface area (Å²) in [5, 5.41) is 23.4. The lowest BCUT2D eigenvalue weighted by atomic mass is 9.89. The summed E-state index contributed by atoms with van der Waals surface area (Å²) in [5.41, 5.74) is -0.702. The molecule has 102 valence electrons.